The number of carbonyl (C=O) groups is 1. The second-order valence-corrected chi connectivity index (χ2v) is 4.82. The van der Waals surface area contributed by atoms with Gasteiger partial charge in [-0.1, -0.05) is 34.8 Å². The van der Waals surface area contributed by atoms with Crippen molar-refractivity contribution in [3.05, 3.63) is 51.1 Å². The minimum absolute atomic E-state index is 0.0440. The minimum Gasteiger partial charge on any atom is -0.478 e. The zero-order chi connectivity index (χ0) is 14.0. The number of carboxylic acid groups (broad SMARTS) is 1. The second-order valence-electron chi connectivity index (χ2n) is 3.62. The summed E-state index contributed by atoms with van der Waals surface area (Å²) in [5.74, 6) is -0.773. The van der Waals surface area contributed by atoms with Crippen LogP contribution >= 0.6 is 34.8 Å². The number of halogens is 3. The molecule has 0 amide bonds. The van der Waals surface area contributed by atoms with Crippen LogP contribution in [0, 0.1) is 0 Å². The number of aromatic nitrogens is 1. The average molecular weight is 318 g/mol. The molecule has 1 aromatic heterocycles. The van der Waals surface area contributed by atoms with Crippen molar-refractivity contribution in [1.82, 2.24) is 4.98 Å². The van der Waals surface area contributed by atoms with Gasteiger partial charge in [-0.05, 0) is 30.3 Å². The van der Waals surface area contributed by atoms with Gasteiger partial charge in [0.05, 0.1) is 15.6 Å². The number of carboxylic acids is 1. The summed E-state index contributed by atoms with van der Waals surface area (Å²) < 4.78 is 0. The first-order valence-electron chi connectivity index (χ1n) is 5.08. The summed E-state index contributed by atoms with van der Waals surface area (Å²) >= 11 is 17.4. The van der Waals surface area contributed by atoms with E-state index < -0.39 is 5.97 Å². The maximum Gasteiger partial charge on any atom is 0.335 e. The molecule has 0 fully saturated rings. The third-order valence-electron chi connectivity index (χ3n) is 2.23. The van der Waals surface area contributed by atoms with E-state index in [9.17, 15) is 4.79 Å². The first-order chi connectivity index (χ1) is 8.95. The Morgan fingerprint density at radius 1 is 1.11 bits per heavy atom. The van der Waals surface area contributed by atoms with Gasteiger partial charge >= 0.3 is 5.97 Å². The summed E-state index contributed by atoms with van der Waals surface area (Å²) in [6.45, 7) is 0. The van der Waals surface area contributed by atoms with E-state index in [1.165, 1.54) is 12.1 Å². The molecule has 0 aliphatic carbocycles. The number of hydrogen-bond acceptors (Lipinski definition) is 3. The predicted molar refractivity (Wildman–Crippen MR) is 76.0 cm³/mol. The van der Waals surface area contributed by atoms with Crippen LogP contribution in [0.1, 0.15) is 10.4 Å². The normalized spacial score (nSPS) is 10.3. The maximum absolute atomic E-state index is 10.9. The van der Waals surface area contributed by atoms with Gasteiger partial charge in [0.15, 0.2) is 0 Å². The van der Waals surface area contributed by atoms with E-state index in [4.69, 9.17) is 39.9 Å². The number of rotatable bonds is 3. The van der Waals surface area contributed by atoms with Crippen LogP contribution in [0.4, 0.5) is 11.5 Å². The lowest BCUT2D eigenvalue weighted by Gasteiger charge is -2.08. The van der Waals surface area contributed by atoms with Gasteiger partial charge in [0.2, 0.25) is 0 Å². The number of benzene rings is 1. The van der Waals surface area contributed by atoms with Crippen molar-refractivity contribution < 1.29 is 9.90 Å². The van der Waals surface area contributed by atoms with Crippen molar-refractivity contribution in [3.63, 3.8) is 0 Å². The van der Waals surface area contributed by atoms with Gasteiger partial charge in [-0.3, -0.25) is 0 Å². The quantitative estimate of drug-likeness (QED) is 0.819. The SMILES string of the molecule is O=C(O)c1cc(Cl)nc(Nc2ccc(Cl)c(Cl)c2)c1. The van der Waals surface area contributed by atoms with Gasteiger partial charge in [0.25, 0.3) is 0 Å². The number of nitrogens with one attached hydrogen (secondary N) is 1. The fraction of sp³-hybridized carbons (Fsp3) is 0. The van der Waals surface area contributed by atoms with E-state index in [2.05, 4.69) is 10.3 Å². The molecule has 0 aliphatic heterocycles. The van der Waals surface area contributed by atoms with Gasteiger partial charge in [-0.25, -0.2) is 9.78 Å². The molecule has 0 atom stereocenters. The molecule has 7 heteroatoms. The van der Waals surface area contributed by atoms with Gasteiger partial charge in [0.1, 0.15) is 11.0 Å². The summed E-state index contributed by atoms with van der Waals surface area (Å²) in [6, 6.07) is 7.56. The topological polar surface area (TPSA) is 62.2 Å². The summed E-state index contributed by atoms with van der Waals surface area (Å²) in [7, 11) is 0. The Balaban J connectivity index is 2.32. The largest absolute Gasteiger partial charge is 0.478 e. The van der Waals surface area contributed by atoms with E-state index in [-0.39, 0.29) is 10.7 Å². The lowest BCUT2D eigenvalue weighted by molar-refractivity contribution is 0.0697. The Labute approximate surface area is 123 Å². The Morgan fingerprint density at radius 2 is 1.84 bits per heavy atom. The van der Waals surface area contributed by atoms with E-state index in [1.54, 1.807) is 18.2 Å². The minimum atomic E-state index is -1.08. The molecule has 0 radical (unpaired) electrons. The molecule has 2 N–H and O–H groups in total. The van der Waals surface area contributed by atoms with Gasteiger partial charge < -0.3 is 10.4 Å². The standard InChI is InChI=1S/C12H7Cl3N2O2/c13-8-2-1-7(5-9(8)14)16-11-4-6(12(18)19)3-10(15)17-11/h1-5H,(H,16,17)(H,18,19). The highest BCUT2D eigenvalue weighted by molar-refractivity contribution is 6.42. The zero-order valence-electron chi connectivity index (χ0n) is 9.32. The molecule has 0 unspecified atom stereocenters. The van der Waals surface area contributed by atoms with Gasteiger partial charge in [0, 0.05) is 5.69 Å². The van der Waals surface area contributed by atoms with Gasteiger partial charge in [-0.2, -0.15) is 0 Å². The maximum atomic E-state index is 10.9. The average Bonchev–Trinajstić information content (AvgIpc) is 2.33. The molecule has 0 spiro atoms. The van der Waals surface area contributed by atoms with Crippen LogP contribution in [0.3, 0.4) is 0 Å². The Morgan fingerprint density at radius 3 is 2.47 bits per heavy atom. The third kappa shape index (κ3) is 3.50. The molecule has 1 heterocycles. The smallest absolute Gasteiger partial charge is 0.335 e. The van der Waals surface area contributed by atoms with Crippen molar-refractivity contribution in [2.75, 3.05) is 5.32 Å². The van der Waals surface area contributed by atoms with Crippen LogP contribution in [0.5, 0.6) is 0 Å². The van der Waals surface area contributed by atoms with Gasteiger partial charge in [-0.15, -0.1) is 0 Å². The second kappa shape index (κ2) is 5.65. The van der Waals surface area contributed by atoms with E-state index in [0.29, 0.717) is 21.6 Å². The van der Waals surface area contributed by atoms with Crippen molar-refractivity contribution in [2.24, 2.45) is 0 Å². The highest BCUT2D eigenvalue weighted by Gasteiger charge is 2.08. The number of anilines is 2. The van der Waals surface area contributed by atoms with Crippen LogP contribution in [0.15, 0.2) is 30.3 Å². The Kier molecular flexibility index (Phi) is 4.14. The van der Waals surface area contributed by atoms with Crippen molar-refractivity contribution in [3.8, 4) is 0 Å². The first kappa shape index (κ1) is 13.9. The van der Waals surface area contributed by atoms with E-state index in [0.717, 1.165) is 0 Å². The summed E-state index contributed by atoms with van der Waals surface area (Å²) in [6.07, 6.45) is 0. The van der Waals surface area contributed by atoms with Crippen LogP contribution in [0.25, 0.3) is 0 Å². The number of hydrogen-bond donors (Lipinski definition) is 2. The fourth-order valence-electron chi connectivity index (χ4n) is 1.41. The highest BCUT2D eigenvalue weighted by Crippen LogP contribution is 2.27. The fourth-order valence-corrected chi connectivity index (χ4v) is 1.91. The Hall–Kier alpha value is -1.49. The lowest BCUT2D eigenvalue weighted by Crippen LogP contribution is -2.00. The predicted octanol–water partition coefficient (Wildman–Crippen LogP) is 4.48. The molecule has 2 aromatic rings. The Bertz CT molecular complexity index is 647. The molecule has 0 bridgehead atoms. The first-order valence-corrected chi connectivity index (χ1v) is 6.22. The molecular weight excluding hydrogens is 311 g/mol. The summed E-state index contributed by atoms with van der Waals surface area (Å²) in [5.41, 5.74) is 0.670. The molecule has 19 heavy (non-hydrogen) atoms. The van der Waals surface area contributed by atoms with Crippen molar-refractivity contribution >= 4 is 52.3 Å². The number of nitrogens with zero attached hydrogens (tertiary/aromatic N) is 1. The number of pyridine rings is 1. The molecule has 0 aliphatic rings. The van der Waals surface area contributed by atoms with E-state index in [1.807, 2.05) is 0 Å². The summed E-state index contributed by atoms with van der Waals surface area (Å²) in [4.78, 5) is 14.9. The monoisotopic (exact) mass is 316 g/mol. The molecule has 0 saturated heterocycles. The van der Waals surface area contributed by atoms with Crippen molar-refractivity contribution in [2.45, 2.75) is 0 Å². The molecular formula is C12H7Cl3N2O2. The summed E-state index contributed by atoms with van der Waals surface area (Å²) in [5, 5.41) is 12.7. The zero-order valence-corrected chi connectivity index (χ0v) is 11.6. The lowest BCUT2D eigenvalue weighted by atomic mass is 10.2. The third-order valence-corrected chi connectivity index (χ3v) is 3.17. The van der Waals surface area contributed by atoms with E-state index >= 15 is 0 Å². The number of aromatic carboxylic acids is 1. The molecule has 98 valence electrons. The van der Waals surface area contributed by atoms with Crippen LogP contribution in [-0.2, 0) is 0 Å². The van der Waals surface area contributed by atoms with Crippen LogP contribution in [-0.4, -0.2) is 16.1 Å². The molecule has 1 aromatic carbocycles. The molecule has 0 saturated carbocycles. The highest BCUT2D eigenvalue weighted by atomic mass is 35.5. The van der Waals surface area contributed by atoms with Crippen molar-refractivity contribution in [1.29, 1.82) is 0 Å². The van der Waals surface area contributed by atoms with Crippen LogP contribution < -0.4 is 5.32 Å². The molecule has 4 nitrogen and oxygen atoms in total. The van der Waals surface area contributed by atoms with Crippen LogP contribution in [0.2, 0.25) is 15.2 Å². The molecule has 2 rings (SSSR count).